The van der Waals surface area contributed by atoms with Crippen molar-refractivity contribution in [2.45, 2.75) is 63.8 Å². The Morgan fingerprint density at radius 3 is 2.49 bits per heavy atom. The number of alkyl halides is 3. The summed E-state index contributed by atoms with van der Waals surface area (Å²) < 4.78 is 38.9. The summed E-state index contributed by atoms with van der Waals surface area (Å²) in [6.45, 7) is 4.40. The first kappa shape index (κ1) is 28.6. The number of hydrogen-bond donors (Lipinski definition) is 4. The van der Waals surface area contributed by atoms with Crippen LogP contribution in [0.25, 0.3) is 0 Å². The number of amides is 2. The highest BCUT2D eigenvalue weighted by Crippen LogP contribution is 2.30. The average Bonchev–Trinajstić information content (AvgIpc) is 2.87. The number of aryl methyl sites for hydroxylation is 1. The highest BCUT2D eigenvalue weighted by molar-refractivity contribution is 7.80. The van der Waals surface area contributed by atoms with Crippen molar-refractivity contribution in [1.82, 2.24) is 21.3 Å². The molecular weight excluding hydrogens is 501 g/mol. The second kappa shape index (κ2) is 12.5. The fourth-order valence-electron chi connectivity index (χ4n) is 4.45. The summed E-state index contributed by atoms with van der Waals surface area (Å²) >= 11 is 5.71. The van der Waals surface area contributed by atoms with Gasteiger partial charge in [0.15, 0.2) is 0 Å². The normalized spacial score (nSPS) is 19.6. The lowest BCUT2D eigenvalue weighted by molar-refractivity contribution is -0.137. The van der Waals surface area contributed by atoms with Crippen LogP contribution in [0.2, 0.25) is 0 Å². The van der Waals surface area contributed by atoms with Crippen LogP contribution in [0.15, 0.2) is 48.5 Å². The van der Waals surface area contributed by atoms with Gasteiger partial charge >= 0.3 is 6.18 Å². The number of halogens is 3. The molecule has 2 atom stereocenters. The molecule has 1 fully saturated rings. The first-order chi connectivity index (χ1) is 17.5. The van der Waals surface area contributed by atoms with Crippen LogP contribution in [0.4, 0.5) is 13.2 Å². The van der Waals surface area contributed by atoms with Crippen molar-refractivity contribution in [2.24, 2.45) is 0 Å². The van der Waals surface area contributed by atoms with E-state index in [-0.39, 0.29) is 18.2 Å². The number of rotatable bonds is 9. The zero-order valence-corrected chi connectivity index (χ0v) is 21.8. The van der Waals surface area contributed by atoms with Gasteiger partial charge in [-0.3, -0.25) is 14.9 Å². The molecule has 0 aromatic heterocycles. The third-order valence-corrected chi connectivity index (χ3v) is 6.78. The minimum absolute atomic E-state index is 0.163. The zero-order valence-electron chi connectivity index (χ0n) is 21.0. The van der Waals surface area contributed by atoms with Gasteiger partial charge in [0.1, 0.15) is 10.7 Å². The molecule has 6 nitrogen and oxygen atoms in total. The summed E-state index contributed by atoms with van der Waals surface area (Å²) in [4.78, 5) is 25.8. The van der Waals surface area contributed by atoms with E-state index in [1.165, 1.54) is 6.07 Å². The number of benzene rings is 2. The van der Waals surface area contributed by atoms with Crippen LogP contribution in [0.1, 0.15) is 66.1 Å². The van der Waals surface area contributed by atoms with Crippen molar-refractivity contribution in [1.29, 1.82) is 0 Å². The Morgan fingerprint density at radius 1 is 1.08 bits per heavy atom. The first-order valence-corrected chi connectivity index (χ1v) is 12.8. The molecule has 2 amide bonds. The molecule has 3 rings (SSSR count). The van der Waals surface area contributed by atoms with E-state index < -0.39 is 29.2 Å². The number of carbonyl (C=O) groups is 2. The van der Waals surface area contributed by atoms with E-state index in [1.54, 1.807) is 0 Å². The molecule has 0 bridgehead atoms. The molecule has 2 aromatic rings. The number of hydrogen-bond acceptors (Lipinski definition) is 4. The Balaban J connectivity index is 1.68. The van der Waals surface area contributed by atoms with Crippen LogP contribution < -0.4 is 21.3 Å². The number of carbonyl (C=O) groups excluding carboxylic acids is 2. The molecule has 0 saturated heterocycles. The van der Waals surface area contributed by atoms with Crippen LogP contribution >= 0.6 is 12.2 Å². The van der Waals surface area contributed by atoms with Gasteiger partial charge in [-0.05, 0) is 57.4 Å². The Hall–Kier alpha value is -2.98. The van der Waals surface area contributed by atoms with Gasteiger partial charge in [-0.1, -0.05) is 61.5 Å². The lowest BCUT2D eigenvalue weighted by Gasteiger charge is -2.46. The van der Waals surface area contributed by atoms with E-state index in [0.717, 1.165) is 55.0 Å². The van der Waals surface area contributed by atoms with E-state index in [0.29, 0.717) is 18.0 Å². The van der Waals surface area contributed by atoms with Gasteiger partial charge in [0.2, 0.25) is 5.91 Å². The maximum absolute atomic E-state index is 13.0. The summed E-state index contributed by atoms with van der Waals surface area (Å²) in [6.07, 6.45) is -0.382. The third-order valence-electron chi connectivity index (χ3n) is 6.45. The average molecular weight is 535 g/mol. The summed E-state index contributed by atoms with van der Waals surface area (Å²) in [5, 5.41) is 12.5. The van der Waals surface area contributed by atoms with E-state index in [4.69, 9.17) is 12.2 Å². The van der Waals surface area contributed by atoms with E-state index in [2.05, 4.69) is 28.2 Å². The Morgan fingerprint density at radius 2 is 1.81 bits per heavy atom. The second-order valence-corrected chi connectivity index (χ2v) is 9.75. The fourth-order valence-corrected chi connectivity index (χ4v) is 4.76. The molecule has 1 saturated carbocycles. The molecule has 37 heavy (non-hydrogen) atoms. The van der Waals surface area contributed by atoms with Crippen molar-refractivity contribution in [2.75, 3.05) is 13.1 Å². The van der Waals surface area contributed by atoms with Gasteiger partial charge in [0.25, 0.3) is 5.91 Å². The Kier molecular flexibility index (Phi) is 9.67. The molecule has 2 unspecified atom stereocenters. The molecule has 2 aromatic carbocycles. The van der Waals surface area contributed by atoms with Crippen molar-refractivity contribution >= 4 is 29.0 Å². The standard InChI is InChI=1S/C27H33F3N4O2S/c1-3-15-32-26(34-25(37)19-12-10-18(2)11-13-19)14-5-4-9-22(26)33-23(35)17-31-24(36)20-7-6-8-21(16-20)27(28,29)30/h6-8,10-13,16,22,32H,3-5,9,14-15,17H2,1-2H3,(H,31,36)(H,33,35)(H,34,37). The fraction of sp³-hybridized carbons (Fsp3) is 0.444. The maximum Gasteiger partial charge on any atom is 0.416 e. The summed E-state index contributed by atoms with van der Waals surface area (Å²) in [7, 11) is 0. The predicted octanol–water partition coefficient (Wildman–Crippen LogP) is 4.46. The van der Waals surface area contributed by atoms with Crippen molar-refractivity contribution in [3.8, 4) is 0 Å². The monoisotopic (exact) mass is 534 g/mol. The van der Waals surface area contributed by atoms with Crippen LogP contribution in [-0.2, 0) is 11.0 Å². The molecule has 1 aliphatic carbocycles. The predicted molar refractivity (Wildman–Crippen MR) is 141 cm³/mol. The number of thiocarbonyl (C=S) groups is 1. The summed E-state index contributed by atoms with van der Waals surface area (Å²) in [5.74, 6) is -1.18. The molecule has 4 N–H and O–H groups in total. The molecular formula is C27H33F3N4O2S. The Labute approximate surface area is 220 Å². The minimum atomic E-state index is -4.56. The van der Waals surface area contributed by atoms with Crippen LogP contribution in [0, 0.1) is 6.92 Å². The van der Waals surface area contributed by atoms with Crippen molar-refractivity contribution in [3.05, 3.63) is 70.8 Å². The summed E-state index contributed by atoms with van der Waals surface area (Å²) in [5.41, 5.74) is 0.248. The van der Waals surface area contributed by atoms with Crippen molar-refractivity contribution in [3.63, 3.8) is 0 Å². The van der Waals surface area contributed by atoms with Crippen molar-refractivity contribution < 1.29 is 22.8 Å². The van der Waals surface area contributed by atoms with Gasteiger partial charge in [0, 0.05) is 11.1 Å². The first-order valence-electron chi connectivity index (χ1n) is 12.4. The SMILES string of the molecule is CCCNC1(NC(=S)c2ccc(C)cc2)CCCCC1NC(=O)CNC(=O)c1cccc(C(F)(F)F)c1. The molecule has 0 radical (unpaired) electrons. The number of nitrogens with one attached hydrogen (secondary N) is 4. The Bertz CT molecular complexity index is 1110. The molecule has 0 aliphatic heterocycles. The molecule has 0 spiro atoms. The van der Waals surface area contributed by atoms with Gasteiger partial charge in [-0.15, -0.1) is 0 Å². The topological polar surface area (TPSA) is 82.3 Å². The highest BCUT2D eigenvalue weighted by Gasteiger charge is 2.42. The van der Waals surface area contributed by atoms with E-state index >= 15 is 0 Å². The van der Waals surface area contributed by atoms with Crippen LogP contribution in [0.3, 0.4) is 0 Å². The molecule has 0 heterocycles. The van der Waals surface area contributed by atoms with Gasteiger partial charge in [-0.25, -0.2) is 0 Å². The van der Waals surface area contributed by atoms with Gasteiger partial charge in [-0.2, -0.15) is 13.2 Å². The largest absolute Gasteiger partial charge is 0.416 e. The minimum Gasteiger partial charge on any atom is -0.356 e. The van der Waals surface area contributed by atoms with Crippen LogP contribution in [0.5, 0.6) is 0 Å². The van der Waals surface area contributed by atoms with Crippen LogP contribution in [-0.4, -0.2) is 41.6 Å². The second-order valence-electron chi connectivity index (χ2n) is 9.35. The van der Waals surface area contributed by atoms with Gasteiger partial charge in [0.05, 0.1) is 18.2 Å². The zero-order chi connectivity index (χ0) is 27.1. The third kappa shape index (κ3) is 7.75. The van der Waals surface area contributed by atoms with E-state index in [9.17, 15) is 22.8 Å². The molecule has 200 valence electrons. The van der Waals surface area contributed by atoms with E-state index in [1.807, 2.05) is 31.2 Å². The lowest BCUT2D eigenvalue weighted by Crippen LogP contribution is -2.71. The van der Waals surface area contributed by atoms with Gasteiger partial charge < -0.3 is 16.0 Å². The summed E-state index contributed by atoms with van der Waals surface area (Å²) in [6, 6.07) is 11.7. The lowest BCUT2D eigenvalue weighted by atomic mass is 9.83. The molecule has 10 heteroatoms. The highest BCUT2D eigenvalue weighted by atomic mass is 32.1. The smallest absolute Gasteiger partial charge is 0.356 e. The quantitative estimate of drug-likeness (QED) is 0.282. The maximum atomic E-state index is 13.0. The molecule has 1 aliphatic rings.